The lowest BCUT2D eigenvalue weighted by Gasteiger charge is -2.12. The van der Waals surface area contributed by atoms with Crippen LogP contribution < -0.4 is 10.6 Å². The van der Waals surface area contributed by atoms with Crippen LogP contribution in [0.2, 0.25) is 0 Å². The molecule has 0 spiro atoms. The standard InChI is InChI=1S/C16H18N2O2S/c1-3-17-16(20)18-15(19)11(2)21-14-9-8-12-6-4-5-7-13(12)10-14/h4-11H,3H2,1-2H3,(H2,17,18,19,20)/t11-/m0/s1. The van der Waals surface area contributed by atoms with Crippen LogP contribution in [0.25, 0.3) is 10.8 Å². The quantitative estimate of drug-likeness (QED) is 0.853. The van der Waals surface area contributed by atoms with Crippen molar-refractivity contribution in [3.8, 4) is 0 Å². The number of carbonyl (C=O) groups is 2. The summed E-state index contributed by atoms with van der Waals surface area (Å²) in [5, 5.41) is 6.83. The monoisotopic (exact) mass is 302 g/mol. The summed E-state index contributed by atoms with van der Waals surface area (Å²) < 4.78 is 0. The third-order valence-corrected chi connectivity index (χ3v) is 4.07. The summed E-state index contributed by atoms with van der Waals surface area (Å²) in [5.41, 5.74) is 0. The Morgan fingerprint density at radius 3 is 2.57 bits per heavy atom. The minimum atomic E-state index is -0.450. The number of hydrogen-bond donors (Lipinski definition) is 2. The zero-order chi connectivity index (χ0) is 15.2. The summed E-state index contributed by atoms with van der Waals surface area (Å²) in [4.78, 5) is 24.2. The van der Waals surface area contributed by atoms with E-state index in [-0.39, 0.29) is 11.2 Å². The minimum absolute atomic E-state index is 0.292. The number of rotatable bonds is 4. The Balaban J connectivity index is 2.01. The first kappa shape index (κ1) is 15.4. The zero-order valence-electron chi connectivity index (χ0n) is 12.1. The molecule has 0 saturated carbocycles. The lowest BCUT2D eigenvalue weighted by Crippen LogP contribution is -2.42. The van der Waals surface area contributed by atoms with Crippen molar-refractivity contribution in [1.29, 1.82) is 0 Å². The SMILES string of the molecule is CCNC(=O)NC(=O)[C@H](C)Sc1ccc2ccccc2c1. The molecule has 2 aromatic rings. The van der Waals surface area contributed by atoms with Crippen LogP contribution in [0.5, 0.6) is 0 Å². The first-order chi connectivity index (χ1) is 10.1. The smallest absolute Gasteiger partial charge is 0.321 e. The van der Waals surface area contributed by atoms with Crippen LogP contribution in [-0.2, 0) is 4.79 Å². The molecule has 0 aliphatic rings. The Hall–Kier alpha value is -2.01. The molecule has 0 aromatic heterocycles. The van der Waals surface area contributed by atoms with E-state index in [2.05, 4.69) is 22.8 Å². The normalized spacial score (nSPS) is 11.9. The molecule has 2 aromatic carbocycles. The molecule has 2 rings (SSSR count). The molecule has 5 heteroatoms. The Labute approximate surface area is 128 Å². The molecule has 110 valence electrons. The highest BCUT2D eigenvalue weighted by Gasteiger charge is 2.16. The highest BCUT2D eigenvalue weighted by molar-refractivity contribution is 8.00. The first-order valence-corrected chi connectivity index (χ1v) is 7.72. The van der Waals surface area contributed by atoms with Crippen LogP contribution in [0.15, 0.2) is 47.4 Å². The molecule has 0 unspecified atom stereocenters. The van der Waals surface area contributed by atoms with Gasteiger partial charge >= 0.3 is 6.03 Å². The van der Waals surface area contributed by atoms with Gasteiger partial charge < -0.3 is 5.32 Å². The number of hydrogen-bond acceptors (Lipinski definition) is 3. The molecule has 3 amide bonds. The van der Waals surface area contributed by atoms with Crippen LogP contribution in [0.3, 0.4) is 0 Å². The Bertz CT molecular complexity index is 658. The van der Waals surface area contributed by atoms with Crippen molar-refractivity contribution in [2.75, 3.05) is 6.54 Å². The number of benzene rings is 2. The van der Waals surface area contributed by atoms with E-state index in [1.165, 1.54) is 17.1 Å². The molecule has 1 atom stereocenters. The van der Waals surface area contributed by atoms with Crippen molar-refractivity contribution in [3.63, 3.8) is 0 Å². The fraction of sp³-hybridized carbons (Fsp3) is 0.250. The Morgan fingerprint density at radius 1 is 1.14 bits per heavy atom. The van der Waals surface area contributed by atoms with Gasteiger partial charge in [0.2, 0.25) is 5.91 Å². The van der Waals surface area contributed by atoms with E-state index >= 15 is 0 Å². The van der Waals surface area contributed by atoms with Gasteiger partial charge in [-0.1, -0.05) is 30.3 Å². The third kappa shape index (κ3) is 4.23. The van der Waals surface area contributed by atoms with E-state index in [0.717, 1.165) is 10.3 Å². The average molecular weight is 302 g/mol. The first-order valence-electron chi connectivity index (χ1n) is 6.84. The number of carbonyl (C=O) groups excluding carboxylic acids is 2. The summed E-state index contributed by atoms with van der Waals surface area (Å²) in [5.74, 6) is -0.292. The van der Waals surface area contributed by atoms with E-state index < -0.39 is 6.03 Å². The largest absolute Gasteiger partial charge is 0.338 e. The number of thioether (sulfide) groups is 1. The number of urea groups is 1. The predicted octanol–water partition coefficient (Wildman–Crippen LogP) is 3.17. The summed E-state index contributed by atoms with van der Waals surface area (Å²) in [6.07, 6.45) is 0. The highest BCUT2D eigenvalue weighted by atomic mass is 32.2. The number of nitrogens with one attached hydrogen (secondary N) is 2. The fourth-order valence-electron chi connectivity index (χ4n) is 1.92. The van der Waals surface area contributed by atoms with Gasteiger partial charge in [-0.15, -0.1) is 11.8 Å². The van der Waals surface area contributed by atoms with Crippen molar-refractivity contribution in [1.82, 2.24) is 10.6 Å². The van der Waals surface area contributed by atoms with Gasteiger partial charge in [0.1, 0.15) is 0 Å². The fourth-order valence-corrected chi connectivity index (χ4v) is 2.83. The van der Waals surface area contributed by atoms with Gasteiger partial charge in [0, 0.05) is 11.4 Å². The maximum Gasteiger partial charge on any atom is 0.321 e. The molecule has 0 aliphatic carbocycles. The van der Waals surface area contributed by atoms with Crippen molar-refractivity contribution in [2.45, 2.75) is 24.0 Å². The zero-order valence-corrected chi connectivity index (χ0v) is 12.9. The van der Waals surface area contributed by atoms with Gasteiger partial charge in [0.15, 0.2) is 0 Å². The van der Waals surface area contributed by atoms with Gasteiger partial charge in [-0.05, 0) is 36.8 Å². The van der Waals surface area contributed by atoms with Gasteiger partial charge in [-0.3, -0.25) is 10.1 Å². The third-order valence-electron chi connectivity index (χ3n) is 2.98. The summed E-state index contributed by atoms with van der Waals surface area (Å²) >= 11 is 1.43. The molecule has 2 N–H and O–H groups in total. The lowest BCUT2D eigenvalue weighted by molar-refractivity contribution is -0.119. The number of amides is 3. The second-order valence-electron chi connectivity index (χ2n) is 4.62. The van der Waals surface area contributed by atoms with Crippen LogP contribution >= 0.6 is 11.8 Å². The van der Waals surface area contributed by atoms with E-state index in [4.69, 9.17) is 0 Å². The highest BCUT2D eigenvalue weighted by Crippen LogP contribution is 2.26. The lowest BCUT2D eigenvalue weighted by atomic mass is 10.1. The van der Waals surface area contributed by atoms with Crippen LogP contribution in [-0.4, -0.2) is 23.7 Å². The van der Waals surface area contributed by atoms with Crippen LogP contribution in [0, 0.1) is 0 Å². The van der Waals surface area contributed by atoms with Gasteiger partial charge in [-0.25, -0.2) is 4.79 Å². The second kappa shape index (κ2) is 7.13. The topological polar surface area (TPSA) is 58.2 Å². The summed E-state index contributed by atoms with van der Waals surface area (Å²) in [7, 11) is 0. The molecular formula is C16H18N2O2S. The molecule has 0 radical (unpaired) electrons. The van der Waals surface area contributed by atoms with Gasteiger partial charge in [-0.2, -0.15) is 0 Å². The van der Waals surface area contributed by atoms with E-state index in [1.807, 2.05) is 30.3 Å². The van der Waals surface area contributed by atoms with Crippen LogP contribution in [0.4, 0.5) is 4.79 Å². The molecule has 4 nitrogen and oxygen atoms in total. The maximum atomic E-state index is 11.9. The van der Waals surface area contributed by atoms with Crippen molar-refractivity contribution in [2.24, 2.45) is 0 Å². The number of imide groups is 1. The molecule has 0 aliphatic heterocycles. The minimum Gasteiger partial charge on any atom is -0.338 e. The second-order valence-corrected chi connectivity index (χ2v) is 6.03. The average Bonchev–Trinajstić information content (AvgIpc) is 2.47. The van der Waals surface area contributed by atoms with Crippen LogP contribution in [0.1, 0.15) is 13.8 Å². The Morgan fingerprint density at radius 2 is 1.86 bits per heavy atom. The molecule has 0 bridgehead atoms. The number of fused-ring (bicyclic) bond motifs is 1. The summed E-state index contributed by atoms with van der Waals surface area (Å²) in [6.45, 7) is 4.08. The molecule has 0 heterocycles. The van der Waals surface area contributed by atoms with Gasteiger partial charge in [0.05, 0.1) is 5.25 Å². The summed E-state index contributed by atoms with van der Waals surface area (Å²) in [6, 6.07) is 13.7. The van der Waals surface area contributed by atoms with Crippen molar-refractivity contribution in [3.05, 3.63) is 42.5 Å². The molecule has 0 saturated heterocycles. The maximum absolute atomic E-state index is 11.9. The predicted molar refractivity (Wildman–Crippen MR) is 86.5 cm³/mol. The van der Waals surface area contributed by atoms with Gasteiger partial charge in [0.25, 0.3) is 0 Å². The van der Waals surface area contributed by atoms with E-state index in [9.17, 15) is 9.59 Å². The molecule has 21 heavy (non-hydrogen) atoms. The van der Waals surface area contributed by atoms with E-state index in [1.54, 1.807) is 13.8 Å². The van der Waals surface area contributed by atoms with E-state index in [0.29, 0.717) is 6.54 Å². The molecule has 0 fully saturated rings. The molecular weight excluding hydrogens is 284 g/mol. The Kier molecular flexibility index (Phi) is 5.22. The van der Waals surface area contributed by atoms with Crippen molar-refractivity contribution < 1.29 is 9.59 Å². The van der Waals surface area contributed by atoms with Crippen molar-refractivity contribution >= 4 is 34.5 Å².